The van der Waals surface area contributed by atoms with E-state index in [0.717, 1.165) is 6.07 Å². The number of aromatic carboxylic acids is 1. The Kier molecular flexibility index (Phi) is 3.13. The van der Waals surface area contributed by atoms with Crippen LogP contribution in [0.25, 0.3) is 22.0 Å². The van der Waals surface area contributed by atoms with Crippen molar-refractivity contribution in [1.29, 1.82) is 0 Å². The molecule has 22 heavy (non-hydrogen) atoms. The summed E-state index contributed by atoms with van der Waals surface area (Å²) in [7, 11) is 0. The predicted molar refractivity (Wildman–Crippen MR) is 73.5 cm³/mol. The van der Waals surface area contributed by atoms with Crippen molar-refractivity contribution in [3.8, 4) is 11.3 Å². The molecule has 0 spiro atoms. The van der Waals surface area contributed by atoms with Gasteiger partial charge in [0.2, 0.25) is 0 Å². The molecule has 0 aliphatic carbocycles. The summed E-state index contributed by atoms with van der Waals surface area (Å²) in [6.45, 7) is 0. The lowest BCUT2D eigenvalue weighted by Crippen LogP contribution is -2.04. The molecular weight excluding hydrogens is 297 g/mol. The molecule has 0 amide bonds. The van der Waals surface area contributed by atoms with Crippen molar-refractivity contribution in [2.24, 2.45) is 0 Å². The van der Waals surface area contributed by atoms with Crippen LogP contribution < -0.4 is 0 Å². The van der Waals surface area contributed by atoms with Gasteiger partial charge in [0.15, 0.2) is 0 Å². The van der Waals surface area contributed by atoms with E-state index in [0.29, 0.717) is 16.3 Å². The SMILES string of the molecule is O=C(O)c1cc(-c2cc(C(F)(F)F)[nH]n2)cc2ccccc12. The lowest BCUT2D eigenvalue weighted by Gasteiger charge is -2.05. The van der Waals surface area contributed by atoms with Crippen LogP contribution in [0.15, 0.2) is 42.5 Å². The topological polar surface area (TPSA) is 66.0 Å². The van der Waals surface area contributed by atoms with Crippen molar-refractivity contribution in [1.82, 2.24) is 10.2 Å². The first-order chi connectivity index (χ1) is 10.4. The molecule has 0 aliphatic rings. The average molecular weight is 306 g/mol. The zero-order chi connectivity index (χ0) is 15.9. The van der Waals surface area contributed by atoms with Crippen molar-refractivity contribution in [2.75, 3.05) is 0 Å². The second-order valence-electron chi connectivity index (χ2n) is 4.71. The lowest BCUT2D eigenvalue weighted by atomic mass is 9.99. The van der Waals surface area contributed by atoms with Crippen LogP contribution >= 0.6 is 0 Å². The first-order valence-corrected chi connectivity index (χ1v) is 6.25. The second-order valence-corrected chi connectivity index (χ2v) is 4.71. The van der Waals surface area contributed by atoms with Crippen LogP contribution in [0, 0.1) is 0 Å². The Labute approximate surface area is 122 Å². The molecule has 4 nitrogen and oxygen atoms in total. The third kappa shape index (κ3) is 2.41. The summed E-state index contributed by atoms with van der Waals surface area (Å²) in [5, 5.41) is 16.0. The van der Waals surface area contributed by atoms with Gasteiger partial charge in [-0.3, -0.25) is 5.10 Å². The van der Waals surface area contributed by atoms with Crippen molar-refractivity contribution >= 4 is 16.7 Å². The van der Waals surface area contributed by atoms with Gasteiger partial charge >= 0.3 is 12.1 Å². The number of H-pyrrole nitrogens is 1. The fourth-order valence-corrected chi connectivity index (χ4v) is 2.25. The molecule has 112 valence electrons. The molecule has 2 aromatic carbocycles. The number of aromatic amines is 1. The average Bonchev–Trinajstić information content (AvgIpc) is 2.95. The Balaban J connectivity index is 2.19. The van der Waals surface area contributed by atoms with Gasteiger partial charge in [-0.15, -0.1) is 0 Å². The fourth-order valence-electron chi connectivity index (χ4n) is 2.25. The minimum absolute atomic E-state index is 0.0182. The van der Waals surface area contributed by atoms with Gasteiger partial charge in [0.05, 0.1) is 11.3 Å². The minimum atomic E-state index is -4.53. The Hall–Kier alpha value is -2.83. The van der Waals surface area contributed by atoms with Gasteiger partial charge in [0.25, 0.3) is 0 Å². The highest BCUT2D eigenvalue weighted by atomic mass is 19.4. The summed E-state index contributed by atoms with van der Waals surface area (Å²) in [4.78, 5) is 11.4. The van der Waals surface area contributed by atoms with E-state index in [2.05, 4.69) is 5.10 Å². The monoisotopic (exact) mass is 306 g/mol. The molecule has 0 aliphatic heterocycles. The van der Waals surface area contributed by atoms with Gasteiger partial charge in [-0.25, -0.2) is 4.79 Å². The number of aromatic nitrogens is 2. The maximum Gasteiger partial charge on any atom is 0.432 e. The van der Waals surface area contributed by atoms with Gasteiger partial charge in [0.1, 0.15) is 5.69 Å². The first kappa shape index (κ1) is 14.1. The third-order valence-corrected chi connectivity index (χ3v) is 3.27. The summed E-state index contributed by atoms with van der Waals surface area (Å²) in [6.07, 6.45) is -4.53. The third-order valence-electron chi connectivity index (χ3n) is 3.27. The van der Waals surface area contributed by atoms with E-state index in [1.54, 1.807) is 30.3 Å². The molecule has 0 atom stereocenters. The molecule has 7 heteroatoms. The highest BCUT2D eigenvalue weighted by molar-refractivity contribution is 6.05. The van der Waals surface area contributed by atoms with Crippen LogP contribution in [0.1, 0.15) is 16.1 Å². The van der Waals surface area contributed by atoms with E-state index < -0.39 is 17.8 Å². The van der Waals surface area contributed by atoms with Crippen LogP contribution in [0.5, 0.6) is 0 Å². The summed E-state index contributed by atoms with van der Waals surface area (Å²) >= 11 is 0. The number of fused-ring (bicyclic) bond motifs is 1. The van der Waals surface area contributed by atoms with Crippen LogP contribution in [0.3, 0.4) is 0 Å². The molecule has 0 saturated carbocycles. The minimum Gasteiger partial charge on any atom is -0.478 e. The van der Waals surface area contributed by atoms with Gasteiger partial charge in [0, 0.05) is 5.56 Å². The molecule has 0 fully saturated rings. The van der Waals surface area contributed by atoms with Crippen LogP contribution in [-0.2, 0) is 6.18 Å². The van der Waals surface area contributed by atoms with Gasteiger partial charge in [-0.05, 0) is 29.0 Å². The molecular formula is C15H9F3N2O2. The number of rotatable bonds is 2. The lowest BCUT2D eigenvalue weighted by molar-refractivity contribution is -0.141. The van der Waals surface area contributed by atoms with Crippen molar-refractivity contribution in [3.63, 3.8) is 0 Å². The molecule has 1 aromatic heterocycles. The number of carboxylic acid groups (broad SMARTS) is 1. The molecule has 0 saturated heterocycles. The molecule has 1 heterocycles. The Bertz CT molecular complexity index is 869. The maximum atomic E-state index is 12.6. The molecule has 2 N–H and O–H groups in total. The number of nitrogens with one attached hydrogen (secondary N) is 1. The van der Waals surface area contributed by atoms with E-state index in [1.165, 1.54) is 6.07 Å². The van der Waals surface area contributed by atoms with E-state index in [-0.39, 0.29) is 11.3 Å². The van der Waals surface area contributed by atoms with E-state index in [9.17, 15) is 23.1 Å². The zero-order valence-electron chi connectivity index (χ0n) is 11.0. The summed E-state index contributed by atoms with van der Waals surface area (Å²) in [6, 6.07) is 10.6. The Morgan fingerprint density at radius 1 is 1.14 bits per heavy atom. The Morgan fingerprint density at radius 2 is 1.86 bits per heavy atom. The number of halogens is 3. The van der Waals surface area contributed by atoms with Crippen molar-refractivity contribution in [3.05, 3.63) is 53.7 Å². The summed E-state index contributed by atoms with van der Waals surface area (Å²) in [5.74, 6) is -1.15. The second kappa shape index (κ2) is 4.87. The first-order valence-electron chi connectivity index (χ1n) is 6.25. The molecule has 0 bridgehead atoms. The zero-order valence-corrected chi connectivity index (χ0v) is 11.0. The predicted octanol–water partition coefficient (Wildman–Crippen LogP) is 3.95. The normalized spacial score (nSPS) is 11.8. The number of hydrogen-bond acceptors (Lipinski definition) is 2. The van der Waals surface area contributed by atoms with Gasteiger partial charge in [-0.1, -0.05) is 24.3 Å². The Morgan fingerprint density at radius 3 is 2.50 bits per heavy atom. The molecule has 0 unspecified atom stereocenters. The quantitative estimate of drug-likeness (QED) is 0.753. The fraction of sp³-hybridized carbons (Fsp3) is 0.0667. The number of carbonyl (C=O) groups is 1. The van der Waals surface area contributed by atoms with Crippen LogP contribution in [0.4, 0.5) is 13.2 Å². The van der Waals surface area contributed by atoms with E-state index in [4.69, 9.17) is 0 Å². The largest absolute Gasteiger partial charge is 0.478 e. The van der Waals surface area contributed by atoms with E-state index in [1.807, 2.05) is 5.10 Å². The van der Waals surface area contributed by atoms with Crippen LogP contribution in [0.2, 0.25) is 0 Å². The summed E-state index contributed by atoms with van der Waals surface area (Å²) < 4.78 is 37.8. The summed E-state index contributed by atoms with van der Waals surface area (Å²) in [5.41, 5.74) is -0.611. The number of carboxylic acids is 1. The standard InChI is InChI=1S/C15H9F3N2O2/c16-15(17,18)13-7-12(19-20-13)9-5-8-3-1-2-4-10(8)11(6-9)14(21)22/h1-7H,(H,19,20)(H,21,22). The van der Waals surface area contributed by atoms with Crippen molar-refractivity contribution in [2.45, 2.75) is 6.18 Å². The van der Waals surface area contributed by atoms with Crippen molar-refractivity contribution < 1.29 is 23.1 Å². The maximum absolute atomic E-state index is 12.6. The number of alkyl halides is 3. The highest BCUT2D eigenvalue weighted by Crippen LogP contribution is 2.32. The number of benzene rings is 2. The highest BCUT2D eigenvalue weighted by Gasteiger charge is 2.33. The van der Waals surface area contributed by atoms with Crippen LogP contribution in [-0.4, -0.2) is 21.3 Å². The number of hydrogen-bond donors (Lipinski definition) is 2. The van der Waals surface area contributed by atoms with E-state index >= 15 is 0 Å². The smallest absolute Gasteiger partial charge is 0.432 e. The molecule has 3 aromatic rings. The molecule has 0 radical (unpaired) electrons. The van der Waals surface area contributed by atoms with Gasteiger partial charge < -0.3 is 5.11 Å². The molecule has 3 rings (SSSR count). The van der Waals surface area contributed by atoms with Gasteiger partial charge in [-0.2, -0.15) is 18.3 Å². The number of nitrogens with zero attached hydrogens (tertiary/aromatic N) is 1.